The van der Waals surface area contributed by atoms with Crippen molar-refractivity contribution in [1.29, 1.82) is 0 Å². The Morgan fingerprint density at radius 1 is 1.43 bits per heavy atom. The number of aromatic nitrogens is 1. The number of hydrogen-bond donors (Lipinski definition) is 2. The van der Waals surface area contributed by atoms with E-state index >= 15 is 0 Å². The van der Waals surface area contributed by atoms with Gasteiger partial charge in [0.15, 0.2) is 0 Å². The second-order valence-electron chi connectivity index (χ2n) is 6.70. The lowest BCUT2D eigenvalue weighted by Gasteiger charge is -2.36. The Hall–Kier alpha value is -2.77. The number of nitrogens with two attached hydrogens (primary N) is 1. The lowest BCUT2D eigenvalue weighted by atomic mass is 9.49. The zero-order valence-corrected chi connectivity index (χ0v) is 15.5. The molecule has 1 aromatic carbocycles. The number of pyridine rings is 1. The van der Waals surface area contributed by atoms with E-state index < -0.39 is 28.7 Å². The topological polar surface area (TPSA) is 104 Å². The second kappa shape index (κ2) is 7.00. The molecule has 28 heavy (non-hydrogen) atoms. The summed E-state index contributed by atoms with van der Waals surface area (Å²) >= 11 is 0. The van der Waals surface area contributed by atoms with Gasteiger partial charge >= 0.3 is 0 Å². The van der Waals surface area contributed by atoms with Crippen LogP contribution in [0.4, 0.5) is 4.39 Å². The van der Waals surface area contributed by atoms with Gasteiger partial charge in [-0.25, -0.2) is 9.37 Å². The van der Waals surface area contributed by atoms with E-state index in [1.54, 1.807) is 25.1 Å². The number of benzene rings is 1. The quantitative estimate of drug-likeness (QED) is 0.721. The summed E-state index contributed by atoms with van der Waals surface area (Å²) in [5, 5.41) is 2.00. The number of primary amides is 1. The lowest BCUT2D eigenvalue weighted by Crippen LogP contribution is -2.45. The van der Waals surface area contributed by atoms with Crippen molar-refractivity contribution in [3.05, 3.63) is 30.0 Å². The third kappa shape index (κ3) is 2.96. The Morgan fingerprint density at radius 2 is 2.14 bits per heavy atom. The van der Waals surface area contributed by atoms with Gasteiger partial charge in [-0.15, -0.1) is 0 Å². The fourth-order valence-corrected chi connectivity index (χ4v) is 3.36. The molecule has 4 radical (unpaired) electrons. The van der Waals surface area contributed by atoms with Crippen molar-refractivity contribution in [2.24, 2.45) is 5.73 Å². The Bertz CT molecular complexity index is 956. The molecular formula is C18H18B2FN3O4. The summed E-state index contributed by atoms with van der Waals surface area (Å²) < 4.78 is 25.6. The van der Waals surface area contributed by atoms with E-state index in [1.807, 2.05) is 0 Å². The Balaban J connectivity index is 1.93. The molecule has 1 saturated heterocycles. The predicted octanol–water partition coefficient (Wildman–Crippen LogP) is 0.791. The van der Waals surface area contributed by atoms with Crippen LogP contribution in [0.25, 0.3) is 10.8 Å². The van der Waals surface area contributed by atoms with Crippen molar-refractivity contribution in [2.75, 3.05) is 13.7 Å². The summed E-state index contributed by atoms with van der Waals surface area (Å²) in [7, 11) is 13.0. The number of fused-ring (bicyclic) bond motifs is 1. The van der Waals surface area contributed by atoms with E-state index in [0.29, 0.717) is 10.8 Å². The maximum atomic E-state index is 14.6. The first-order valence-corrected chi connectivity index (χ1v) is 8.62. The van der Waals surface area contributed by atoms with Crippen molar-refractivity contribution >= 4 is 38.3 Å². The summed E-state index contributed by atoms with van der Waals surface area (Å²) in [6.07, 6.45) is 1.60. The van der Waals surface area contributed by atoms with Gasteiger partial charge in [0.2, 0.25) is 11.8 Å². The largest absolute Gasteiger partial charge is 0.496 e. The number of ether oxygens (including phenoxy) is 2. The highest BCUT2D eigenvalue weighted by molar-refractivity contribution is 6.37. The zero-order chi connectivity index (χ0) is 20.7. The number of nitrogens with zero attached hydrogens (tertiary/aromatic N) is 1. The minimum absolute atomic E-state index is 0.117. The van der Waals surface area contributed by atoms with Crippen LogP contribution in [0.1, 0.15) is 23.7 Å². The number of amides is 2. The molecule has 1 fully saturated rings. The Kier molecular flexibility index (Phi) is 4.99. The van der Waals surface area contributed by atoms with Crippen LogP contribution in [-0.4, -0.2) is 57.8 Å². The molecule has 0 unspecified atom stereocenters. The highest BCUT2D eigenvalue weighted by atomic mass is 19.1. The van der Waals surface area contributed by atoms with E-state index in [0.717, 1.165) is 0 Å². The van der Waals surface area contributed by atoms with Crippen LogP contribution in [0.2, 0.25) is 5.31 Å². The molecule has 3 atom stereocenters. The lowest BCUT2D eigenvalue weighted by molar-refractivity contribution is -0.125. The van der Waals surface area contributed by atoms with Gasteiger partial charge < -0.3 is 20.5 Å². The molecule has 2 aromatic rings. The molecule has 10 heteroatoms. The number of halogens is 1. The number of carbonyl (C=O) groups is 2. The minimum atomic E-state index is -2.71. The SMILES string of the molecule is [B][C@]1(CC)[C@@H](COc2nccc3cc(C(N)=O)c(OC)cc23)NC(=O)[C@@]1([B])F. The fraction of sp³-hybridized carbons (Fsp3) is 0.389. The second-order valence-corrected chi connectivity index (χ2v) is 6.70. The summed E-state index contributed by atoms with van der Waals surface area (Å²) in [4.78, 5) is 27.6. The molecule has 3 N–H and O–H groups in total. The number of hydrogen-bond acceptors (Lipinski definition) is 5. The van der Waals surface area contributed by atoms with Crippen molar-refractivity contribution in [3.63, 3.8) is 0 Å². The zero-order valence-electron chi connectivity index (χ0n) is 15.5. The monoisotopic (exact) mass is 381 g/mol. The van der Waals surface area contributed by atoms with Gasteiger partial charge in [-0.3, -0.25) is 9.59 Å². The molecule has 2 heterocycles. The Morgan fingerprint density at radius 3 is 2.75 bits per heavy atom. The molecule has 1 aromatic heterocycles. The number of methoxy groups -OCH3 is 1. The van der Waals surface area contributed by atoms with Gasteiger partial charge in [-0.05, 0) is 28.9 Å². The average Bonchev–Trinajstić information content (AvgIpc) is 2.85. The van der Waals surface area contributed by atoms with Crippen LogP contribution >= 0.6 is 0 Å². The average molecular weight is 381 g/mol. The smallest absolute Gasteiger partial charge is 0.252 e. The maximum absolute atomic E-state index is 14.6. The molecule has 0 spiro atoms. The summed E-state index contributed by atoms with van der Waals surface area (Å²) in [5.74, 6) is -1.15. The fourth-order valence-electron chi connectivity index (χ4n) is 3.36. The molecule has 3 rings (SSSR count). The number of alkyl halides is 1. The van der Waals surface area contributed by atoms with E-state index in [2.05, 4.69) is 10.3 Å². The molecule has 142 valence electrons. The molecule has 1 aliphatic heterocycles. The van der Waals surface area contributed by atoms with E-state index in [1.165, 1.54) is 13.3 Å². The van der Waals surface area contributed by atoms with Gasteiger partial charge in [0.05, 0.1) is 26.6 Å². The molecular weight excluding hydrogens is 363 g/mol. The number of carbonyl (C=O) groups excluding carboxylic acids is 2. The van der Waals surface area contributed by atoms with E-state index in [9.17, 15) is 14.0 Å². The van der Waals surface area contributed by atoms with Gasteiger partial charge in [-0.2, -0.15) is 0 Å². The van der Waals surface area contributed by atoms with Crippen LogP contribution in [0.5, 0.6) is 11.6 Å². The molecule has 0 aliphatic carbocycles. The molecule has 0 bridgehead atoms. The van der Waals surface area contributed by atoms with Crippen LogP contribution in [-0.2, 0) is 4.79 Å². The number of nitrogens with one attached hydrogen (secondary N) is 1. The van der Waals surface area contributed by atoms with Crippen molar-refractivity contribution in [2.45, 2.75) is 30.3 Å². The van der Waals surface area contributed by atoms with Crippen LogP contribution < -0.4 is 20.5 Å². The number of rotatable bonds is 6. The molecule has 1 aliphatic rings. The van der Waals surface area contributed by atoms with Gasteiger partial charge in [0, 0.05) is 11.6 Å². The van der Waals surface area contributed by atoms with Crippen LogP contribution in [0.15, 0.2) is 24.4 Å². The van der Waals surface area contributed by atoms with Gasteiger partial charge in [-0.1, -0.05) is 13.3 Å². The molecule has 0 saturated carbocycles. The van der Waals surface area contributed by atoms with Crippen molar-refractivity contribution < 1.29 is 23.5 Å². The highest BCUT2D eigenvalue weighted by Crippen LogP contribution is 2.48. The Labute approximate surface area is 164 Å². The summed E-state index contributed by atoms with van der Waals surface area (Å²) in [5.41, 5.74) is 2.89. The van der Waals surface area contributed by atoms with E-state index in [-0.39, 0.29) is 30.2 Å². The third-order valence-corrected chi connectivity index (χ3v) is 5.22. The first kappa shape index (κ1) is 20.0. The standard InChI is InChI=1S/C18H18B2FN3O4/c1-3-17(19)13(24-16(26)18(17,20)21)8-28-15-10-7-12(27-2)11(14(22)25)6-9(10)4-5-23-15/h4-7,13H,3,8H2,1-2H3,(H2,22,25)(H,24,26)/t13-,17-,18-/m1/s1. The maximum Gasteiger partial charge on any atom is 0.252 e. The first-order valence-electron chi connectivity index (χ1n) is 8.62. The first-order chi connectivity index (χ1) is 13.2. The molecule has 2 amide bonds. The van der Waals surface area contributed by atoms with Crippen LogP contribution in [0.3, 0.4) is 0 Å². The van der Waals surface area contributed by atoms with Gasteiger partial charge in [0.25, 0.3) is 5.91 Å². The highest BCUT2D eigenvalue weighted by Gasteiger charge is 2.59. The normalized spacial score (nSPS) is 26.8. The van der Waals surface area contributed by atoms with Gasteiger partial charge in [0.1, 0.15) is 25.8 Å². The minimum Gasteiger partial charge on any atom is -0.496 e. The summed E-state index contributed by atoms with van der Waals surface area (Å²) in [6.45, 7) is 1.49. The predicted molar refractivity (Wildman–Crippen MR) is 103 cm³/mol. The van der Waals surface area contributed by atoms with E-state index in [4.69, 9.17) is 30.9 Å². The van der Waals surface area contributed by atoms with Crippen molar-refractivity contribution in [3.8, 4) is 11.6 Å². The van der Waals surface area contributed by atoms with Crippen LogP contribution in [0, 0.1) is 0 Å². The third-order valence-electron chi connectivity index (χ3n) is 5.22. The van der Waals surface area contributed by atoms with Crippen molar-refractivity contribution in [1.82, 2.24) is 10.3 Å². The molecule has 7 nitrogen and oxygen atoms in total. The summed E-state index contributed by atoms with van der Waals surface area (Å²) in [6, 6.07) is 3.96.